The first-order valence-corrected chi connectivity index (χ1v) is 20.8. The highest BCUT2D eigenvalue weighted by Crippen LogP contribution is 2.40. The van der Waals surface area contributed by atoms with Gasteiger partial charge in [-0.2, -0.15) is 0 Å². The fourth-order valence-electron chi connectivity index (χ4n) is 9.84. The van der Waals surface area contributed by atoms with Crippen molar-refractivity contribution in [2.45, 2.75) is 6.42 Å². The predicted octanol–water partition coefficient (Wildman–Crippen LogP) is 15.6. The Morgan fingerprint density at radius 3 is 1.36 bits per heavy atom. The van der Waals surface area contributed by atoms with Crippen LogP contribution >= 0.6 is 0 Å². The first-order chi connectivity index (χ1) is 30.1. The molecule has 0 saturated heterocycles. The van der Waals surface area contributed by atoms with Gasteiger partial charge in [-0.1, -0.05) is 116 Å². The van der Waals surface area contributed by atoms with Gasteiger partial charge in [0.2, 0.25) is 0 Å². The van der Waals surface area contributed by atoms with Crippen molar-refractivity contribution >= 4 is 93.6 Å². The molecule has 0 fully saturated rings. The minimum absolute atomic E-state index is 0.844. The molecule has 0 atom stereocenters. The summed E-state index contributed by atoms with van der Waals surface area (Å²) < 4.78 is 17.7. The zero-order valence-corrected chi connectivity index (χ0v) is 33.1. The van der Waals surface area contributed by atoms with Gasteiger partial charge in [0.1, 0.15) is 22.3 Å². The maximum absolute atomic E-state index is 6.49. The molecule has 4 aromatic heterocycles. The van der Waals surface area contributed by atoms with E-state index in [2.05, 4.69) is 204 Å². The number of hydrogen-bond acceptors (Lipinski definition) is 2. The van der Waals surface area contributed by atoms with Crippen LogP contribution in [0.3, 0.4) is 0 Å². The molecule has 0 aliphatic carbocycles. The van der Waals surface area contributed by atoms with Crippen molar-refractivity contribution in [3.63, 3.8) is 0 Å². The van der Waals surface area contributed by atoms with Gasteiger partial charge in [-0.25, -0.2) is 0 Å². The second-order valence-electron chi connectivity index (χ2n) is 16.2. The summed E-state index contributed by atoms with van der Waals surface area (Å²) in [5.41, 5.74) is 16.4. The van der Waals surface area contributed by atoms with Gasteiger partial charge in [0.25, 0.3) is 0 Å². The van der Waals surface area contributed by atoms with Gasteiger partial charge < -0.3 is 18.0 Å². The highest BCUT2D eigenvalue weighted by atomic mass is 16.3. The molecule has 0 amide bonds. The molecule has 0 spiro atoms. The molecule has 0 aliphatic rings. The van der Waals surface area contributed by atoms with E-state index in [9.17, 15) is 0 Å². The first-order valence-electron chi connectivity index (χ1n) is 20.8. The van der Waals surface area contributed by atoms with E-state index >= 15 is 0 Å². The summed E-state index contributed by atoms with van der Waals surface area (Å²) in [5.74, 6) is 0. The number of para-hydroxylation sites is 3. The first kappa shape index (κ1) is 33.8. The van der Waals surface area contributed by atoms with E-state index in [-0.39, 0.29) is 0 Å². The summed E-state index contributed by atoms with van der Waals surface area (Å²) in [5, 5.41) is 9.33. The van der Waals surface area contributed by atoms with Gasteiger partial charge in [-0.05, 0) is 119 Å². The van der Waals surface area contributed by atoms with E-state index in [1.807, 2.05) is 6.08 Å². The van der Waals surface area contributed by atoms with Crippen molar-refractivity contribution in [1.29, 1.82) is 0 Å². The molecule has 286 valence electrons. The minimum atomic E-state index is 0.844. The number of nitrogens with zero attached hydrogens (tertiary/aromatic N) is 2. The standard InChI is InChI=1S/C57H36N2O2/c1-2-35-10-9-11-36(28-35)29-37-18-23-45-44-14-5-8-17-52(44)59(53(45)30-37)41-22-27-57-49(34-41)47-32-39(20-25-55(47)61-57)38-19-24-54-46(31-38)48-33-40(21-26-56(48)60-54)58-50-15-6-3-12-42(50)43-13-4-7-16-51(43)58/h2-28,30-34H,1,29H2. The van der Waals surface area contributed by atoms with Crippen molar-refractivity contribution in [2.75, 3.05) is 0 Å². The summed E-state index contributed by atoms with van der Waals surface area (Å²) in [6.45, 7) is 3.97. The molecule has 0 radical (unpaired) electrons. The van der Waals surface area contributed by atoms with Crippen molar-refractivity contribution in [1.82, 2.24) is 9.13 Å². The second kappa shape index (κ2) is 13.0. The molecule has 4 nitrogen and oxygen atoms in total. The Balaban J connectivity index is 0.930. The maximum Gasteiger partial charge on any atom is 0.135 e. The summed E-state index contributed by atoms with van der Waals surface area (Å²) in [6.07, 6.45) is 2.75. The summed E-state index contributed by atoms with van der Waals surface area (Å²) in [6, 6.07) is 67.7. The molecule has 0 N–H and O–H groups in total. The van der Waals surface area contributed by atoms with E-state index in [1.54, 1.807) is 0 Å². The summed E-state index contributed by atoms with van der Waals surface area (Å²) in [7, 11) is 0. The molecule has 0 unspecified atom stereocenters. The Kier molecular flexibility index (Phi) is 7.19. The van der Waals surface area contributed by atoms with Crippen LogP contribution in [0.2, 0.25) is 0 Å². The number of rotatable bonds is 6. The fraction of sp³-hybridized carbons (Fsp3) is 0.0175. The average molecular weight is 781 g/mol. The second-order valence-corrected chi connectivity index (χ2v) is 16.2. The molecule has 0 bridgehead atoms. The van der Waals surface area contributed by atoms with Crippen LogP contribution in [-0.4, -0.2) is 9.13 Å². The van der Waals surface area contributed by atoms with E-state index in [0.29, 0.717) is 0 Å². The van der Waals surface area contributed by atoms with E-state index in [4.69, 9.17) is 8.83 Å². The third kappa shape index (κ3) is 5.19. The van der Waals surface area contributed by atoms with Gasteiger partial charge in [0.15, 0.2) is 0 Å². The third-order valence-corrected chi connectivity index (χ3v) is 12.7. The largest absolute Gasteiger partial charge is 0.456 e. The number of aromatic nitrogens is 2. The highest BCUT2D eigenvalue weighted by molar-refractivity contribution is 6.13. The SMILES string of the molecule is C=Cc1cccc(Cc2ccc3c4ccccc4n(-c4ccc5oc6ccc(-c7ccc8oc9ccc(-n%10c%11ccccc%11c%11ccccc%11%10)cc9c8c7)cc6c5c4)c3c2)c1. The van der Waals surface area contributed by atoms with Gasteiger partial charge in [-0.15, -0.1) is 0 Å². The topological polar surface area (TPSA) is 36.1 Å². The predicted molar refractivity (Wildman–Crippen MR) is 254 cm³/mol. The van der Waals surface area contributed by atoms with E-state index in [1.165, 1.54) is 54.7 Å². The normalized spacial score (nSPS) is 12.1. The Labute approximate surface area is 350 Å². The quantitative estimate of drug-likeness (QED) is 0.168. The lowest BCUT2D eigenvalue weighted by molar-refractivity contribution is 0.668. The molecule has 13 rings (SSSR count). The van der Waals surface area contributed by atoms with Crippen molar-refractivity contribution in [3.05, 3.63) is 211 Å². The Hall–Kier alpha value is -8.08. The number of fused-ring (bicyclic) bond motifs is 12. The summed E-state index contributed by atoms with van der Waals surface area (Å²) in [4.78, 5) is 0. The molecule has 0 aliphatic heterocycles. The maximum atomic E-state index is 6.49. The van der Waals surface area contributed by atoms with Crippen LogP contribution in [0.5, 0.6) is 0 Å². The lowest BCUT2D eigenvalue weighted by Gasteiger charge is -2.10. The van der Waals surface area contributed by atoms with Crippen molar-refractivity contribution in [2.24, 2.45) is 0 Å². The molecule has 9 aromatic carbocycles. The smallest absolute Gasteiger partial charge is 0.135 e. The van der Waals surface area contributed by atoms with Crippen molar-refractivity contribution < 1.29 is 8.83 Å². The molecular formula is C57H36N2O2. The molecule has 4 heterocycles. The lowest BCUT2D eigenvalue weighted by Crippen LogP contribution is -1.95. The zero-order valence-electron chi connectivity index (χ0n) is 33.1. The fourth-order valence-corrected chi connectivity index (χ4v) is 9.84. The van der Waals surface area contributed by atoms with Crippen LogP contribution in [-0.2, 0) is 6.42 Å². The van der Waals surface area contributed by atoms with Crippen LogP contribution in [0.25, 0.3) is 116 Å². The number of furan rings is 2. The summed E-state index contributed by atoms with van der Waals surface area (Å²) >= 11 is 0. The number of hydrogen-bond donors (Lipinski definition) is 0. The Morgan fingerprint density at radius 2 is 0.820 bits per heavy atom. The van der Waals surface area contributed by atoms with Crippen LogP contribution < -0.4 is 0 Å². The van der Waals surface area contributed by atoms with Crippen LogP contribution in [0.15, 0.2) is 203 Å². The minimum Gasteiger partial charge on any atom is -0.456 e. The monoisotopic (exact) mass is 780 g/mol. The Morgan fingerprint density at radius 1 is 0.361 bits per heavy atom. The van der Waals surface area contributed by atoms with Crippen LogP contribution in [0.4, 0.5) is 0 Å². The molecule has 13 aromatic rings. The van der Waals surface area contributed by atoms with Gasteiger partial charge in [-0.3, -0.25) is 0 Å². The van der Waals surface area contributed by atoms with E-state index in [0.717, 1.165) is 78.4 Å². The number of benzene rings is 9. The zero-order chi connectivity index (χ0) is 40.2. The van der Waals surface area contributed by atoms with Crippen LogP contribution in [0, 0.1) is 0 Å². The molecular weight excluding hydrogens is 745 g/mol. The molecule has 61 heavy (non-hydrogen) atoms. The van der Waals surface area contributed by atoms with Gasteiger partial charge in [0.05, 0.1) is 22.1 Å². The highest BCUT2D eigenvalue weighted by Gasteiger charge is 2.18. The van der Waals surface area contributed by atoms with Crippen LogP contribution in [0.1, 0.15) is 16.7 Å². The Bertz CT molecular complexity index is 3890. The third-order valence-electron chi connectivity index (χ3n) is 12.7. The van der Waals surface area contributed by atoms with Crippen molar-refractivity contribution in [3.8, 4) is 22.5 Å². The molecule has 0 saturated carbocycles. The lowest BCUT2D eigenvalue weighted by atomic mass is 10.0. The molecule has 4 heteroatoms. The average Bonchev–Trinajstić information content (AvgIpc) is 4.05. The van der Waals surface area contributed by atoms with Gasteiger partial charge in [0, 0.05) is 54.5 Å². The van der Waals surface area contributed by atoms with Gasteiger partial charge >= 0.3 is 0 Å². The van der Waals surface area contributed by atoms with E-state index < -0.39 is 0 Å².